The van der Waals surface area contributed by atoms with Crippen LogP contribution >= 0.6 is 0 Å². The van der Waals surface area contributed by atoms with Gasteiger partial charge in [-0.3, -0.25) is 19.1 Å². The predicted molar refractivity (Wildman–Crippen MR) is 128 cm³/mol. The molecule has 1 aromatic heterocycles. The molecule has 0 atom stereocenters. The fraction of sp³-hybridized carbons (Fsp3) is 0.304. The predicted octanol–water partition coefficient (Wildman–Crippen LogP) is 3.96. The first-order valence-corrected chi connectivity index (χ1v) is 12.1. The first kappa shape index (κ1) is 24.1. The molecule has 3 rings (SSSR count). The van der Waals surface area contributed by atoms with Crippen molar-refractivity contribution in [1.29, 1.82) is 0 Å². The van der Waals surface area contributed by atoms with E-state index in [0.29, 0.717) is 30.0 Å². The minimum absolute atomic E-state index is 0.0443. The van der Waals surface area contributed by atoms with Crippen LogP contribution in [-0.2, 0) is 17.1 Å². The van der Waals surface area contributed by atoms with E-state index in [4.69, 9.17) is 0 Å². The van der Waals surface area contributed by atoms with E-state index in [9.17, 15) is 23.1 Å². The van der Waals surface area contributed by atoms with Crippen LogP contribution in [0.25, 0.3) is 5.69 Å². The first-order chi connectivity index (χ1) is 15.7. The summed E-state index contributed by atoms with van der Waals surface area (Å²) in [5.74, 6) is 0. The smallest absolute Gasteiger partial charge is 0.411 e. The Labute approximate surface area is 192 Å². The molecule has 0 aliphatic carbocycles. The van der Waals surface area contributed by atoms with Gasteiger partial charge in [0, 0.05) is 19.3 Å². The molecule has 0 aliphatic heterocycles. The molecule has 0 spiro atoms. The zero-order valence-corrected chi connectivity index (χ0v) is 19.7. The van der Waals surface area contributed by atoms with Crippen molar-refractivity contribution in [2.45, 2.75) is 38.0 Å². The number of nitrogens with one attached hydrogen (secondary N) is 1. The van der Waals surface area contributed by atoms with Crippen LogP contribution in [0, 0.1) is 6.92 Å². The summed E-state index contributed by atoms with van der Waals surface area (Å²) in [7, 11) is -2.39. The van der Waals surface area contributed by atoms with Crippen molar-refractivity contribution in [3.05, 3.63) is 70.6 Å². The first-order valence-electron chi connectivity index (χ1n) is 10.6. The van der Waals surface area contributed by atoms with Crippen LogP contribution in [0.4, 0.5) is 16.2 Å². The number of hydrogen-bond donors (Lipinski definition) is 2. The molecule has 176 valence electrons. The van der Waals surface area contributed by atoms with Crippen LogP contribution in [0.1, 0.15) is 31.9 Å². The molecule has 0 saturated carbocycles. The molecule has 3 aromatic rings. The maximum absolute atomic E-state index is 13.0. The number of sulfonamides is 1. The number of aromatic nitrogens is 2. The van der Waals surface area contributed by atoms with Crippen molar-refractivity contribution in [1.82, 2.24) is 9.36 Å². The van der Waals surface area contributed by atoms with Gasteiger partial charge >= 0.3 is 6.09 Å². The van der Waals surface area contributed by atoms with E-state index in [2.05, 4.69) is 4.72 Å². The molecule has 2 aromatic carbocycles. The van der Waals surface area contributed by atoms with Gasteiger partial charge in [0.05, 0.1) is 16.3 Å². The Bertz CT molecular complexity index is 1280. The van der Waals surface area contributed by atoms with E-state index in [1.807, 2.05) is 13.0 Å². The van der Waals surface area contributed by atoms with Crippen molar-refractivity contribution in [3.63, 3.8) is 0 Å². The van der Waals surface area contributed by atoms with E-state index in [-0.39, 0.29) is 10.6 Å². The molecule has 0 aliphatic rings. The van der Waals surface area contributed by atoms with E-state index in [1.165, 1.54) is 33.8 Å². The van der Waals surface area contributed by atoms with E-state index in [1.54, 1.807) is 42.9 Å². The van der Waals surface area contributed by atoms with E-state index < -0.39 is 21.7 Å². The van der Waals surface area contributed by atoms with Gasteiger partial charge in [-0.2, -0.15) is 0 Å². The molecule has 1 heterocycles. The van der Waals surface area contributed by atoms with Gasteiger partial charge in [-0.1, -0.05) is 38.0 Å². The second kappa shape index (κ2) is 9.95. The molecule has 0 fully saturated rings. The SMILES string of the molecule is CCCCCN(C(=O)O)c1ccc(S(=O)(=O)Nc2c(C)n(C)n(-c3ccccc3)c2=O)cc1. The van der Waals surface area contributed by atoms with Gasteiger partial charge < -0.3 is 5.11 Å². The molecule has 0 saturated heterocycles. The zero-order chi connectivity index (χ0) is 24.2. The van der Waals surface area contributed by atoms with Gasteiger partial charge in [-0.15, -0.1) is 0 Å². The van der Waals surface area contributed by atoms with E-state index in [0.717, 1.165) is 12.8 Å². The Morgan fingerprint density at radius 3 is 2.27 bits per heavy atom. The van der Waals surface area contributed by atoms with Crippen molar-refractivity contribution < 1.29 is 18.3 Å². The fourth-order valence-corrected chi connectivity index (χ4v) is 4.66. The number of nitrogens with zero attached hydrogens (tertiary/aromatic N) is 3. The number of para-hydroxylation sites is 1. The molecule has 10 heteroatoms. The minimum atomic E-state index is -4.07. The molecular weight excluding hydrogens is 444 g/mol. The summed E-state index contributed by atoms with van der Waals surface area (Å²) in [6.07, 6.45) is 1.48. The Morgan fingerprint density at radius 2 is 1.70 bits per heavy atom. The standard InChI is InChI=1S/C23H28N4O5S/c1-4-5-9-16-26(23(29)30)18-12-14-20(15-13-18)33(31,32)24-21-17(2)25(3)27(22(21)28)19-10-7-6-8-11-19/h6-8,10-15,24H,4-5,9,16H2,1-3H3,(H,29,30). The number of carbonyl (C=O) groups is 1. The Kier molecular flexibility index (Phi) is 7.27. The van der Waals surface area contributed by atoms with Crippen molar-refractivity contribution in [2.24, 2.45) is 7.05 Å². The lowest BCUT2D eigenvalue weighted by Gasteiger charge is -2.19. The summed E-state index contributed by atoms with van der Waals surface area (Å²) in [5.41, 5.74) is 0.920. The molecule has 0 radical (unpaired) electrons. The van der Waals surface area contributed by atoms with Crippen LogP contribution in [-0.4, -0.2) is 35.5 Å². The molecule has 9 nitrogen and oxygen atoms in total. The summed E-state index contributed by atoms with van der Waals surface area (Å²) in [6, 6.07) is 14.5. The summed E-state index contributed by atoms with van der Waals surface area (Å²) in [4.78, 5) is 25.7. The second-order valence-corrected chi connectivity index (χ2v) is 9.36. The number of hydrogen-bond acceptors (Lipinski definition) is 4. The van der Waals surface area contributed by atoms with Crippen molar-refractivity contribution >= 4 is 27.5 Å². The van der Waals surface area contributed by atoms with Gasteiger partial charge in [0.15, 0.2) is 0 Å². The molecule has 2 N–H and O–H groups in total. The molecular formula is C23H28N4O5S. The summed E-state index contributed by atoms with van der Waals surface area (Å²) < 4.78 is 31.4. The number of carboxylic acid groups (broad SMARTS) is 1. The van der Waals surface area contributed by atoms with Crippen LogP contribution in [0.3, 0.4) is 0 Å². The average molecular weight is 473 g/mol. The van der Waals surface area contributed by atoms with Crippen LogP contribution in [0.5, 0.6) is 0 Å². The normalized spacial score (nSPS) is 11.4. The molecule has 1 amide bonds. The maximum Gasteiger partial charge on any atom is 0.411 e. The topological polar surface area (TPSA) is 114 Å². The maximum atomic E-state index is 13.0. The third kappa shape index (κ3) is 5.11. The molecule has 0 unspecified atom stereocenters. The highest BCUT2D eigenvalue weighted by atomic mass is 32.2. The Hall–Kier alpha value is -3.53. The summed E-state index contributed by atoms with van der Waals surface area (Å²) in [5, 5.41) is 9.49. The fourth-order valence-electron chi connectivity index (χ4n) is 3.54. The molecule has 33 heavy (non-hydrogen) atoms. The van der Waals surface area contributed by atoms with Crippen LogP contribution < -0.4 is 15.2 Å². The lowest BCUT2D eigenvalue weighted by atomic mass is 10.2. The minimum Gasteiger partial charge on any atom is -0.465 e. The highest BCUT2D eigenvalue weighted by Gasteiger charge is 2.23. The second-order valence-electron chi connectivity index (χ2n) is 7.68. The number of rotatable bonds is 9. The van der Waals surface area contributed by atoms with E-state index >= 15 is 0 Å². The highest BCUT2D eigenvalue weighted by Crippen LogP contribution is 2.22. The third-order valence-electron chi connectivity index (χ3n) is 5.47. The Balaban J connectivity index is 1.89. The summed E-state index contributed by atoms with van der Waals surface area (Å²) in [6.45, 7) is 4.01. The zero-order valence-electron chi connectivity index (χ0n) is 18.9. The highest BCUT2D eigenvalue weighted by molar-refractivity contribution is 7.92. The van der Waals surface area contributed by atoms with Crippen molar-refractivity contribution in [2.75, 3.05) is 16.2 Å². The van der Waals surface area contributed by atoms with Crippen LogP contribution in [0.2, 0.25) is 0 Å². The number of amides is 1. The monoisotopic (exact) mass is 472 g/mol. The third-order valence-corrected chi connectivity index (χ3v) is 6.83. The van der Waals surface area contributed by atoms with Crippen molar-refractivity contribution in [3.8, 4) is 5.69 Å². The lowest BCUT2D eigenvalue weighted by molar-refractivity contribution is 0.201. The molecule has 0 bridgehead atoms. The van der Waals surface area contributed by atoms with Crippen LogP contribution in [0.15, 0.2) is 64.3 Å². The quantitative estimate of drug-likeness (QED) is 0.458. The Morgan fingerprint density at radius 1 is 1.06 bits per heavy atom. The van der Waals surface area contributed by atoms with Gasteiger partial charge in [-0.25, -0.2) is 17.9 Å². The van der Waals surface area contributed by atoms with Gasteiger partial charge in [0.25, 0.3) is 15.6 Å². The summed E-state index contributed by atoms with van der Waals surface area (Å²) >= 11 is 0. The number of unbranched alkanes of at least 4 members (excludes halogenated alkanes) is 2. The number of benzene rings is 2. The number of anilines is 2. The van der Waals surface area contributed by atoms with Gasteiger partial charge in [0.2, 0.25) is 0 Å². The lowest BCUT2D eigenvalue weighted by Crippen LogP contribution is -2.30. The largest absolute Gasteiger partial charge is 0.465 e. The van der Waals surface area contributed by atoms with Gasteiger partial charge in [0.1, 0.15) is 5.69 Å². The average Bonchev–Trinajstić information content (AvgIpc) is 3.00. The van der Waals surface area contributed by atoms with Gasteiger partial charge in [-0.05, 0) is 49.7 Å².